The molecule has 2 nitrogen and oxygen atoms in total. The number of hydrogen-bond donors (Lipinski definition) is 1. The van der Waals surface area contributed by atoms with Crippen molar-refractivity contribution >= 4 is 23.4 Å². The van der Waals surface area contributed by atoms with Crippen LogP contribution >= 0.6 is 12.4 Å². The highest BCUT2D eigenvalue weighted by atomic mass is 35.5. The van der Waals surface area contributed by atoms with E-state index < -0.39 is 0 Å². The maximum Gasteiger partial charge on any atom is 0.135 e. The number of hydrogen-bond acceptors (Lipinski definition) is 2. The number of nitrogens with two attached hydrogens (primary N) is 1. The molecule has 0 saturated heterocycles. The van der Waals surface area contributed by atoms with E-state index in [0.717, 1.165) is 23.3 Å². The summed E-state index contributed by atoms with van der Waals surface area (Å²) in [4.78, 5) is 0. The first-order valence-electron chi connectivity index (χ1n) is 7.15. The Morgan fingerprint density at radius 2 is 1.81 bits per heavy atom. The SMILES string of the molecule is Cl.NCC1CC1c1ccccc1-c1cc2ccccc2o1. The molecule has 0 radical (unpaired) electrons. The molecule has 21 heavy (non-hydrogen) atoms. The number of fused-ring (bicyclic) bond motifs is 1. The second-order valence-electron chi connectivity index (χ2n) is 5.57. The molecule has 3 heteroatoms. The summed E-state index contributed by atoms with van der Waals surface area (Å²) in [5.74, 6) is 2.20. The molecule has 2 atom stereocenters. The Labute approximate surface area is 130 Å². The Kier molecular flexibility index (Phi) is 3.75. The van der Waals surface area contributed by atoms with Gasteiger partial charge in [-0.25, -0.2) is 0 Å². The Balaban J connectivity index is 0.00000132. The molecule has 0 amide bonds. The van der Waals surface area contributed by atoms with E-state index in [9.17, 15) is 0 Å². The van der Waals surface area contributed by atoms with E-state index in [4.69, 9.17) is 10.2 Å². The first kappa shape index (κ1) is 14.2. The van der Waals surface area contributed by atoms with Gasteiger partial charge in [0, 0.05) is 10.9 Å². The van der Waals surface area contributed by atoms with Crippen molar-refractivity contribution in [2.24, 2.45) is 11.7 Å². The van der Waals surface area contributed by atoms with Crippen LogP contribution < -0.4 is 5.73 Å². The minimum atomic E-state index is 0. The smallest absolute Gasteiger partial charge is 0.135 e. The minimum Gasteiger partial charge on any atom is -0.456 e. The first-order valence-corrected chi connectivity index (χ1v) is 7.15. The van der Waals surface area contributed by atoms with Crippen molar-refractivity contribution in [3.63, 3.8) is 0 Å². The number of rotatable bonds is 3. The predicted octanol–water partition coefficient (Wildman–Crippen LogP) is 4.58. The van der Waals surface area contributed by atoms with Crippen molar-refractivity contribution in [2.45, 2.75) is 12.3 Å². The van der Waals surface area contributed by atoms with Crippen LogP contribution in [0.2, 0.25) is 0 Å². The summed E-state index contributed by atoms with van der Waals surface area (Å²) in [5.41, 5.74) is 9.33. The molecule has 3 aromatic rings. The third kappa shape index (κ3) is 2.45. The molecule has 2 N–H and O–H groups in total. The third-order valence-electron chi connectivity index (χ3n) is 4.28. The molecular weight excluding hydrogens is 282 g/mol. The fourth-order valence-electron chi connectivity index (χ4n) is 3.05. The average Bonchev–Trinajstić information content (AvgIpc) is 3.16. The molecule has 4 rings (SSSR count). The lowest BCUT2D eigenvalue weighted by Crippen LogP contribution is -2.02. The van der Waals surface area contributed by atoms with Gasteiger partial charge in [-0.15, -0.1) is 12.4 Å². The molecule has 2 unspecified atom stereocenters. The lowest BCUT2D eigenvalue weighted by atomic mass is 10.00. The second-order valence-corrected chi connectivity index (χ2v) is 5.57. The molecule has 1 heterocycles. The topological polar surface area (TPSA) is 39.2 Å². The van der Waals surface area contributed by atoms with E-state index >= 15 is 0 Å². The van der Waals surface area contributed by atoms with Crippen LogP contribution in [0.1, 0.15) is 17.9 Å². The molecule has 1 saturated carbocycles. The van der Waals surface area contributed by atoms with Crippen LogP contribution in [0.25, 0.3) is 22.3 Å². The highest BCUT2D eigenvalue weighted by Gasteiger charge is 2.38. The van der Waals surface area contributed by atoms with Gasteiger partial charge in [0.05, 0.1) is 0 Å². The highest BCUT2D eigenvalue weighted by Crippen LogP contribution is 2.49. The predicted molar refractivity (Wildman–Crippen MR) is 88.8 cm³/mol. The normalized spacial score (nSPS) is 20.2. The second kappa shape index (κ2) is 5.55. The number of benzene rings is 2. The molecule has 1 fully saturated rings. The summed E-state index contributed by atoms with van der Waals surface area (Å²) in [6, 6.07) is 18.8. The summed E-state index contributed by atoms with van der Waals surface area (Å²) in [7, 11) is 0. The van der Waals surface area contributed by atoms with Gasteiger partial charge in [-0.2, -0.15) is 0 Å². The van der Waals surface area contributed by atoms with Gasteiger partial charge in [0.25, 0.3) is 0 Å². The molecule has 108 valence electrons. The zero-order chi connectivity index (χ0) is 13.5. The Bertz CT molecular complexity index is 732. The highest BCUT2D eigenvalue weighted by molar-refractivity contribution is 5.85. The van der Waals surface area contributed by atoms with Gasteiger partial charge >= 0.3 is 0 Å². The van der Waals surface area contributed by atoms with E-state index in [0.29, 0.717) is 11.8 Å². The molecule has 0 bridgehead atoms. The van der Waals surface area contributed by atoms with Crippen molar-refractivity contribution in [3.05, 3.63) is 60.2 Å². The van der Waals surface area contributed by atoms with Crippen molar-refractivity contribution in [1.29, 1.82) is 0 Å². The van der Waals surface area contributed by atoms with Gasteiger partial charge in [0.1, 0.15) is 11.3 Å². The molecular formula is C18H18ClNO. The largest absolute Gasteiger partial charge is 0.456 e. The van der Waals surface area contributed by atoms with Crippen molar-refractivity contribution < 1.29 is 4.42 Å². The summed E-state index contributed by atoms with van der Waals surface area (Å²) < 4.78 is 6.01. The van der Waals surface area contributed by atoms with E-state index in [1.807, 2.05) is 18.2 Å². The molecule has 2 aromatic carbocycles. The standard InChI is InChI=1S/C18H17NO.ClH/c19-11-13-9-16(13)14-6-2-3-7-15(14)18-10-12-5-1-4-8-17(12)20-18;/h1-8,10,13,16H,9,11,19H2;1H. The first-order chi connectivity index (χ1) is 9.86. The van der Waals surface area contributed by atoms with E-state index in [-0.39, 0.29) is 12.4 Å². The van der Waals surface area contributed by atoms with Gasteiger partial charge in [0.15, 0.2) is 0 Å². The van der Waals surface area contributed by atoms with E-state index in [1.165, 1.54) is 17.5 Å². The zero-order valence-corrected chi connectivity index (χ0v) is 12.5. The summed E-state index contributed by atoms with van der Waals surface area (Å²) >= 11 is 0. The number of furan rings is 1. The molecule has 0 aliphatic heterocycles. The van der Waals surface area contributed by atoms with Gasteiger partial charge in [-0.1, -0.05) is 42.5 Å². The van der Waals surface area contributed by atoms with Crippen molar-refractivity contribution in [1.82, 2.24) is 0 Å². The lowest BCUT2D eigenvalue weighted by molar-refractivity contribution is 0.630. The fraction of sp³-hybridized carbons (Fsp3) is 0.222. The third-order valence-corrected chi connectivity index (χ3v) is 4.28. The number of para-hydroxylation sites is 1. The fourth-order valence-corrected chi connectivity index (χ4v) is 3.05. The Morgan fingerprint density at radius 1 is 1.05 bits per heavy atom. The zero-order valence-electron chi connectivity index (χ0n) is 11.7. The van der Waals surface area contributed by atoms with Crippen LogP contribution in [0.15, 0.2) is 59.0 Å². The van der Waals surface area contributed by atoms with Crippen molar-refractivity contribution in [2.75, 3.05) is 6.54 Å². The molecule has 1 aliphatic carbocycles. The lowest BCUT2D eigenvalue weighted by Gasteiger charge is -2.06. The Hall–Kier alpha value is -1.77. The van der Waals surface area contributed by atoms with Crippen LogP contribution in [0.4, 0.5) is 0 Å². The maximum absolute atomic E-state index is 6.01. The molecule has 1 aromatic heterocycles. The average molecular weight is 300 g/mol. The van der Waals surface area contributed by atoms with Crippen molar-refractivity contribution in [3.8, 4) is 11.3 Å². The van der Waals surface area contributed by atoms with Gasteiger partial charge in [-0.05, 0) is 42.5 Å². The van der Waals surface area contributed by atoms with E-state index in [2.05, 4.69) is 36.4 Å². The maximum atomic E-state index is 6.01. The van der Waals surface area contributed by atoms with Crippen LogP contribution in [0.3, 0.4) is 0 Å². The van der Waals surface area contributed by atoms with Crippen LogP contribution in [0, 0.1) is 5.92 Å². The van der Waals surface area contributed by atoms with Crippen LogP contribution in [0.5, 0.6) is 0 Å². The monoisotopic (exact) mass is 299 g/mol. The summed E-state index contributed by atoms with van der Waals surface area (Å²) in [6.45, 7) is 0.777. The van der Waals surface area contributed by atoms with Crippen LogP contribution in [-0.4, -0.2) is 6.54 Å². The molecule has 0 spiro atoms. The van der Waals surface area contributed by atoms with Crippen LogP contribution in [-0.2, 0) is 0 Å². The molecule has 1 aliphatic rings. The van der Waals surface area contributed by atoms with Gasteiger partial charge in [0.2, 0.25) is 0 Å². The number of halogens is 1. The van der Waals surface area contributed by atoms with E-state index in [1.54, 1.807) is 0 Å². The van der Waals surface area contributed by atoms with Gasteiger partial charge in [-0.3, -0.25) is 0 Å². The van der Waals surface area contributed by atoms with Gasteiger partial charge < -0.3 is 10.2 Å². The summed E-state index contributed by atoms with van der Waals surface area (Å²) in [6.07, 6.45) is 1.20. The minimum absolute atomic E-state index is 0. The quantitative estimate of drug-likeness (QED) is 0.768. The summed E-state index contributed by atoms with van der Waals surface area (Å²) in [5, 5.41) is 1.16. The Morgan fingerprint density at radius 3 is 2.57 bits per heavy atom.